The smallest absolute Gasteiger partial charge is 0.255 e. The number of ether oxygens (including phenoxy) is 1. The molecule has 4 aromatic rings. The zero-order valence-electron chi connectivity index (χ0n) is 22.4. The SMILES string of the molecule is C=C(COCc1ccccc1)CN(c1cc2oc(-c3ccc(F)cc3)c(C(=O)NC)c2cc1C1CC1)S(C)(=O)=O. The summed E-state index contributed by atoms with van der Waals surface area (Å²) in [4.78, 5) is 13.0. The zero-order chi connectivity index (χ0) is 28.4. The van der Waals surface area contributed by atoms with Gasteiger partial charge in [0.1, 0.15) is 17.2 Å². The van der Waals surface area contributed by atoms with E-state index in [2.05, 4.69) is 11.9 Å². The Morgan fingerprint density at radius 3 is 2.45 bits per heavy atom. The number of amides is 1. The van der Waals surface area contributed by atoms with E-state index in [0.29, 0.717) is 40.0 Å². The first kappa shape index (κ1) is 27.6. The first-order valence-electron chi connectivity index (χ1n) is 13.0. The maximum absolute atomic E-state index is 13.6. The number of benzene rings is 3. The Morgan fingerprint density at radius 1 is 1.12 bits per heavy atom. The Morgan fingerprint density at radius 2 is 1.82 bits per heavy atom. The minimum atomic E-state index is -3.71. The van der Waals surface area contributed by atoms with E-state index in [9.17, 15) is 17.6 Å². The van der Waals surface area contributed by atoms with Gasteiger partial charge in [-0.1, -0.05) is 36.9 Å². The lowest BCUT2D eigenvalue weighted by Crippen LogP contribution is -2.33. The normalized spacial score (nSPS) is 13.4. The highest BCUT2D eigenvalue weighted by molar-refractivity contribution is 7.92. The molecule has 0 spiro atoms. The second kappa shape index (κ2) is 11.3. The molecule has 0 bridgehead atoms. The Bertz CT molecular complexity index is 1660. The van der Waals surface area contributed by atoms with Crippen LogP contribution in [0.1, 0.15) is 40.2 Å². The number of hydrogen-bond acceptors (Lipinski definition) is 5. The van der Waals surface area contributed by atoms with E-state index >= 15 is 0 Å². The molecule has 7 nitrogen and oxygen atoms in total. The summed E-state index contributed by atoms with van der Waals surface area (Å²) in [6, 6.07) is 18.9. The number of anilines is 1. The van der Waals surface area contributed by atoms with Crippen LogP contribution in [0.15, 0.2) is 83.3 Å². The molecule has 1 N–H and O–H groups in total. The van der Waals surface area contributed by atoms with E-state index in [1.54, 1.807) is 18.2 Å². The fourth-order valence-electron chi connectivity index (χ4n) is 4.76. The van der Waals surface area contributed by atoms with Gasteiger partial charge in [-0.05, 0) is 65.8 Å². The summed E-state index contributed by atoms with van der Waals surface area (Å²) < 4.78 is 53.1. The molecule has 40 heavy (non-hydrogen) atoms. The molecule has 5 rings (SSSR count). The van der Waals surface area contributed by atoms with Gasteiger partial charge >= 0.3 is 0 Å². The fraction of sp³-hybridized carbons (Fsp3) is 0.258. The van der Waals surface area contributed by atoms with Crippen LogP contribution in [0.5, 0.6) is 0 Å². The maximum Gasteiger partial charge on any atom is 0.255 e. The van der Waals surface area contributed by atoms with Crippen LogP contribution in [0.3, 0.4) is 0 Å². The van der Waals surface area contributed by atoms with Crippen molar-refractivity contribution in [1.82, 2.24) is 5.32 Å². The topological polar surface area (TPSA) is 88.8 Å². The molecular weight excluding hydrogens is 531 g/mol. The van der Waals surface area contributed by atoms with Crippen LogP contribution in [-0.4, -0.2) is 40.8 Å². The molecule has 1 fully saturated rings. The number of carbonyl (C=O) groups is 1. The van der Waals surface area contributed by atoms with Crippen LogP contribution in [0, 0.1) is 5.82 Å². The molecular formula is C31H31FN2O5S. The molecule has 0 unspecified atom stereocenters. The van der Waals surface area contributed by atoms with Crippen molar-refractivity contribution in [3.8, 4) is 11.3 Å². The molecule has 1 amide bonds. The lowest BCUT2D eigenvalue weighted by molar-refractivity contribution is 0.0964. The third-order valence-electron chi connectivity index (χ3n) is 6.87. The van der Waals surface area contributed by atoms with Crippen LogP contribution in [0.4, 0.5) is 10.1 Å². The molecule has 1 heterocycles. The number of carbonyl (C=O) groups excluding carboxylic acids is 1. The summed E-state index contributed by atoms with van der Waals surface area (Å²) in [5.41, 5.74) is 4.14. The highest BCUT2D eigenvalue weighted by atomic mass is 32.2. The van der Waals surface area contributed by atoms with Crippen molar-refractivity contribution in [2.75, 3.05) is 30.8 Å². The van der Waals surface area contributed by atoms with Crippen molar-refractivity contribution in [3.63, 3.8) is 0 Å². The molecule has 0 saturated heterocycles. The van der Waals surface area contributed by atoms with E-state index < -0.39 is 15.8 Å². The molecule has 0 aliphatic heterocycles. The number of halogens is 1. The predicted molar refractivity (Wildman–Crippen MR) is 154 cm³/mol. The third-order valence-corrected chi connectivity index (χ3v) is 8.00. The number of fused-ring (bicyclic) bond motifs is 1. The van der Waals surface area contributed by atoms with Crippen LogP contribution in [0.25, 0.3) is 22.3 Å². The van der Waals surface area contributed by atoms with Crippen molar-refractivity contribution in [1.29, 1.82) is 0 Å². The molecule has 9 heteroatoms. The summed E-state index contributed by atoms with van der Waals surface area (Å²) in [5, 5.41) is 3.23. The van der Waals surface area contributed by atoms with Gasteiger partial charge in [0.05, 0.1) is 37.3 Å². The zero-order valence-corrected chi connectivity index (χ0v) is 23.3. The lowest BCUT2D eigenvalue weighted by atomic mass is 10.0. The van der Waals surface area contributed by atoms with Gasteiger partial charge in [-0.15, -0.1) is 0 Å². The summed E-state index contributed by atoms with van der Waals surface area (Å²) in [5.74, 6) is -0.307. The van der Waals surface area contributed by atoms with Gasteiger partial charge in [0, 0.05) is 24.1 Å². The summed E-state index contributed by atoms with van der Waals surface area (Å²) in [7, 11) is -2.18. The van der Waals surface area contributed by atoms with Crippen molar-refractivity contribution in [2.24, 2.45) is 0 Å². The second-order valence-corrected chi connectivity index (χ2v) is 12.0. The molecule has 0 atom stereocenters. The van der Waals surface area contributed by atoms with E-state index in [-0.39, 0.29) is 30.7 Å². The van der Waals surface area contributed by atoms with Crippen LogP contribution >= 0.6 is 0 Å². The maximum atomic E-state index is 13.6. The minimum Gasteiger partial charge on any atom is -0.455 e. The fourth-order valence-corrected chi connectivity index (χ4v) is 5.69. The van der Waals surface area contributed by atoms with E-state index in [1.165, 1.54) is 23.5 Å². The molecule has 1 saturated carbocycles. The van der Waals surface area contributed by atoms with Gasteiger partial charge in [-0.2, -0.15) is 0 Å². The first-order valence-corrected chi connectivity index (χ1v) is 14.8. The third kappa shape index (κ3) is 5.95. The van der Waals surface area contributed by atoms with E-state index in [0.717, 1.165) is 30.2 Å². The number of sulfonamides is 1. The molecule has 0 radical (unpaired) electrons. The largest absolute Gasteiger partial charge is 0.455 e. The van der Waals surface area contributed by atoms with E-state index in [1.807, 2.05) is 36.4 Å². The van der Waals surface area contributed by atoms with E-state index in [4.69, 9.17) is 9.15 Å². The standard InChI is InChI=1S/C31H31FN2O5S/c1-20(18-38-19-21-7-5-4-6-8-21)17-34(40(3,36)37)27-16-28-26(15-25(27)22-9-10-22)29(31(35)33-2)30(39-28)23-11-13-24(32)14-12-23/h4-8,11-16,22H,1,9-10,17-19H2,2-3H3,(H,33,35). The van der Waals surface area contributed by atoms with Crippen molar-refractivity contribution in [3.05, 3.63) is 101 Å². The Hall–Kier alpha value is -3.95. The van der Waals surface area contributed by atoms with Gasteiger partial charge in [0.25, 0.3) is 5.91 Å². The molecule has 1 aliphatic carbocycles. The number of nitrogens with one attached hydrogen (secondary N) is 1. The van der Waals surface area contributed by atoms with Crippen molar-refractivity contribution in [2.45, 2.75) is 25.4 Å². The number of nitrogens with zero attached hydrogens (tertiary/aromatic N) is 1. The average Bonchev–Trinajstić information content (AvgIpc) is 3.71. The van der Waals surface area contributed by atoms with Crippen LogP contribution < -0.4 is 9.62 Å². The summed E-state index contributed by atoms with van der Waals surface area (Å²) in [6.07, 6.45) is 2.98. The Labute approximate surface area is 233 Å². The Balaban J connectivity index is 1.53. The lowest BCUT2D eigenvalue weighted by Gasteiger charge is -2.26. The van der Waals surface area contributed by atoms with Crippen LogP contribution in [-0.2, 0) is 21.4 Å². The van der Waals surface area contributed by atoms with Gasteiger partial charge in [-0.25, -0.2) is 12.8 Å². The average molecular weight is 563 g/mol. The number of rotatable bonds is 11. The summed E-state index contributed by atoms with van der Waals surface area (Å²) in [6.45, 7) is 4.69. The molecule has 208 valence electrons. The number of hydrogen-bond donors (Lipinski definition) is 1. The molecule has 3 aromatic carbocycles. The highest BCUT2D eigenvalue weighted by Crippen LogP contribution is 2.48. The first-order chi connectivity index (χ1) is 19.2. The Kier molecular flexibility index (Phi) is 7.78. The highest BCUT2D eigenvalue weighted by Gasteiger charge is 2.33. The quantitative estimate of drug-likeness (QED) is 0.226. The van der Waals surface area contributed by atoms with Gasteiger partial charge in [-0.3, -0.25) is 9.10 Å². The van der Waals surface area contributed by atoms with Crippen molar-refractivity contribution >= 4 is 32.6 Å². The van der Waals surface area contributed by atoms with Crippen molar-refractivity contribution < 1.29 is 26.8 Å². The molecule has 1 aliphatic rings. The van der Waals surface area contributed by atoms with Gasteiger partial charge in [0.15, 0.2) is 0 Å². The minimum absolute atomic E-state index is 0.0344. The second-order valence-electron chi connectivity index (χ2n) is 10.1. The predicted octanol–water partition coefficient (Wildman–Crippen LogP) is 6.01. The van der Waals surface area contributed by atoms with Gasteiger partial charge in [0.2, 0.25) is 10.0 Å². The summed E-state index contributed by atoms with van der Waals surface area (Å²) >= 11 is 0. The number of furan rings is 1. The monoisotopic (exact) mass is 562 g/mol. The van der Waals surface area contributed by atoms with Gasteiger partial charge < -0.3 is 14.5 Å². The van der Waals surface area contributed by atoms with Crippen LogP contribution in [0.2, 0.25) is 0 Å². The molecule has 1 aromatic heterocycles.